The Kier molecular flexibility index (Phi) is 6.40. The van der Waals surface area contributed by atoms with Crippen LogP contribution in [0, 0.1) is 0 Å². The predicted molar refractivity (Wildman–Crippen MR) is 112 cm³/mol. The van der Waals surface area contributed by atoms with Gasteiger partial charge in [0.2, 0.25) is 5.91 Å². The first-order valence-electron chi connectivity index (χ1n) is 9.27. The van der Waals surface area contributed by atoms with Gasteiger partial charge in [-0.15, -0.1) is 0 Å². The van der Waals surface area contributed by atoms with E-state index in [0.29, 0.717) is 18.7 Å². The van der Waals surface area contributed by atoms with Crippen molar-refractivity contribution >= 4 is 31.3 Å². The van der Waals surface area contributed by atoms with Gasteiger partial charge < -0.3 is 10.6 Å². The predicted octanol–water partition coefficient (Wildman–Crippen LogP) is 1.42. The molecule has 1 heterocycles. The van der Waals surface area contributed by atoms with Gasteiger partial charge in [0, 0.05) is 18.7 Å². The molecule has 0 aromatic heterocycles. The molecule has 1 aliphatic rings. The maximum atomic E-state index is 13.1. The lowest BCUT2D eigenvalue weighted by Crippen LogP contribution is -2.44. The van der Waals surface area contributed by atoms with Gasteiger partial charge in [-0.05, 0) is 42.8 Å². The number of sulfone groups is 2. The molecular weight excluding hydrogens is 412 g/mol. The number of carbonyl (C=O) groups excluding carboxylic acids is 1. The second kappa shape index (κ2) is 8.64. The first-order valence-corrected chi connectivity index (χ1v) is 12.6. The van der Waals surface area contributed by atoms with Gasteiger partial charge in [-0.25, -0.2) is 16.8 Å². The summed E-state index contributed by atoms with van der Waals surface area (Å²) < 4.78 is 50.6. The van der Waals surface area contributed by atoms with E-state index in [-0.39, 0.29) is 16.6 Å². The molecule has 9 heteroatoms. The highest BCUT2D eigenvalue weighted by atomic mass is 32.2. The molecule has 0 bridgehead atoms. The summed E-state index contributed by atoms with van der Waals surface area (Å²) in [5.41, 5.74) is 1.57. The first-order chi connectivity index (χ1) is 13.7. The second-order valence-corrected chi connectivity index (χ2v) is 11.5. The number of hydrogen-bond acceptors (Lipinski definition) is 6. The molecule has 2 aromatic carbocycles. The lowest BCUT2D eigenvalue weighted by atomic mass is 10.1. The molecule has 2 N–H and O–H groups in total. The highest BCUT2D eigenvalue weighted by Crippen LogP contribution is 2.27. The third kappa shape index (κ3) is 5.43. The van der Waals surface area contributed by atoms with Gasteiger partial charge in [0.15, 0.2) is 19.7 Å². The molecule has 0 radical (unpaired) electrons. The smallest absolute Gasteiger partial charge is 0.221 e. The normalized spacial score (nSPS) is 21.0. The van der Waals surface area contributed by atoms with E-state index in [1.54, 1.807) is 0 Å². The Morgan fingerprint density at radius 3 is 2.31 bits per heavy atom. The monoisotopic (exact) mass is 436 g/mol. The highest BCUT2D eigenvalue weighted by molar-refractivity contribution is 7.96. The molecule has 0 aliphatic carbocycles. The first kappa shape index (κ1) is 21.5. The summed E-state index contributed by atoms with van der Waals surface area (Å²) in [5, 5.41) is 4.66. The van der Waals surface area contributed by atoms with Crippen LogP contribution < -0.4 is 10.6 Å². The van der Waals surface area contributed by atoms with Crippen LogP contribution in [0.1, 0.15) is 12.5 Å². The molecular formula is C20H24N2O5S2. The molecule has 2 aromatic rings. The molecule has 2 atom stereocenters. The van der Waals surface area contributed by atoms with Crippen LogP contribution >= 0.6 is 0 Å². The van der Waals surface area contributed by atoms with Crippen molar-refractivity contribution in [3.8, 4) is 0 Å². The zero-order chi connectivity index (χ0) is 21.1. The summed E-state index contributed by atoms with van der Waals surface area (Å²) >= 11 is 0. The highest BCUT2D eigenvalue weighted by Gasteiger charge is 2.45. The van der Waals surface area contributed by atoms with Crippen molar-refractivity contribution in [2.75, 3.05) is 23.4 Å². The second-order valence-electron chi connectivity index (χ2n) is 7.16. The van der Waals surface area contributed by atoms with Crippen molar-refractivity contribution in [1.82, 2.24) is 5.32 Å². The van der Waals surface area contributed by atoms with E-state index in [4.69, 9.17) is 0 Å². The van der Waals surface area contributed by atoms with E-state index in [1.807, 2.05) is 30.3 Å². The topological polar surface area (TPSA) is 109 Å². The third-order valence-corrected chi connectivity index (χ3v) is 9.03. The van der Waals surface area contributed by atoms with E-state index in [0.717, 1.165) is 5.56 Å². The van der Waals surface area contributed by atoms with Crippen molar-refractivity contribution in [2.45, 2.75) is 29.5 Å². The number of hydrogen-bond donors (Lipinski definition) is 2. The SMILES string of the molecule is CC(=O)Nc1ccc(S(=O)(=O)[C@H]2CS(=O)(=O)C[C@@H]2NCCc2ccccc2)cc1. The quantitative estimate of drug-likeness (QED) is 0.679. The molecule has 1 amide bonds. The van der Waals surface area contributed by atoms with E-state index in [9.17, 15) is 21.6 Å². The van der Waals surface area contributed by atoms with E-state index in [2.05, 4.69) is 10.6 Å². The third-order valence-electron chi connectivity index (χ3n) is 4.87. The van der Waals surface area contributed by atoms with Gasteiger partial charge in [-0.3, -0.25) is 4.79 Å². The Hall–Kier alpha value is -2.23. The Bertz CT molecular complexity index is 1070. The van der Waals surface area contributed by atoms with E-state index in [1.165, 1.54) is 31.2 Å². The van der Waals surface area contributed by atoms with Gasteiger partial charge in [0.1, 0.15) is 0 Å². The summed E-state index contributed by atoms with van der Waals surface area (Å²) in [6.45, 7) is 1.84. The summed E-state index contributed by atoms with van der Waals surface area (Å²) in [4.78, 5) is 11.2. The minimum Gasteiger partial charge on any atom is -0.326 e. The fourth-order valence-electron chi connectivity index (χ4n) is 3.46. The van der Waals surface area contributed by atoms with Gasteiger partial charge in [-0.2, -0.15) is 0 Å². The van der Waals surface area contributed by atoms with Crippen molar-refractivity contribution in [1.29, 1.82) is 0 Å². The molecule has 0 saturated carbocycles. The number of benzene rings is 2. The number of amides is 1. The average molecular weight is 437 g/mol. The number of anilines is 1. The molecule has 0 unspecified atom stereocenters. The Morgan fingerprint density at radius 1 is 1.03 bits per heavy atom. The van der Waals surface area contributed by atoms with Crippen LogP contribution in [0.4, 0.5) is 5.69 Å². The zero-order valence-electron chi connectivity index (χ0n) is 16.0. The van der Waals surface area contributed by atoms with Gasteiger partial charge in [-0.1, -0.05) is 30.3 Å². The Labute approximate surface area is 171 Å². The fourth-order valence-corrected chi connectivity index (χ4v) is 8.18. The number of carbonyl (C=O) groups is 1. The minimum atomic E-state index is -3.85. The Morgan fingerprint density at radius 2 is 1.69 bits per heavy atom. The standard InChI is InChI=1S/C20H24N2O5S2/c1-15(23)22-17-7-9-18(10-8-17)29(26,27)20-14-28(24,25)13-19(20)21-12-11-16-5-3-2-4-6-16/h2-10,19-21H,11-14H2,1H3,(H,22,23)/t19-,20-/m0/s1. The van der Waals surface area contributed by atoms with Crippen LogP contribution in [0.2, 0.25) is 0 Å². The van der Waals surface area contributed by atoms with E-state index >= 15 is 0 Å². The molecule has 1 aliphatic heterocycles. The van der Waals surface area contributed by atoms with Crippen LogP contribution in [0.15, 0.2) is 59.5 Å². The van der Waals surface area contributed by atoms with Crippen LogP contribution in [0.5, 0.6) is 0 Å². The van der Waals surface area contributed by atoms with Crippen LogP contribution in [-0.2, 0) is 30.9 Å². The van der Waals surface area contributed by atoms with Crippen molar-refractivity contribution in [2.24, 2.45) is 0 Å². The molecule has 29 heavy (non-hydrogen) atoms. The summed E-state index contributed by atoms with van der Waals surface area (Å²) in [6.07, 6.45) is 0.676. The lowest BCUT2D eigenvalue weighted by Gasteiger charge is -2.20. The number of nitrogens with one attached hydrogen (secondary N) is 2. The molecule has 0 spiro atoms. The average Bonchev–Trinajstić information content (AvgIpc) is 2.98. The summed E-state index contributed by atoms with van der Waals surface area (Å²) in [7, 11) is -7.31. The van der Waals surface area contributed by atoms with E-state index < -0.39 is 36.7 Å². The van der Waals surface area contributed by atoms with Gasteiger partial charge in [0.25, 0.3) is 0 Å². The fraction of sp³-hybridized carbons (Fsp3) is 0.350. The van der Waals surface area contributed by atoms with Gasteiger partial charge >= 0.3 is 0 Å². The lowest BCUT2D eigenvalue weighted by molar-refractivity contribution is -0.114. The molecule has 3 rings (SSSR count). The maximum Gasteiger partial charge on any atom is 0.221 e. The van der Waals surface area contributed by atoms with Crippen LogP contribution in [0.25, 0.3) is 0 Å². The molecule has 1 saturated heterocycles. The maximum absolute atomic E-state index is 13.1. The van der Waals surface area contributed by atoms with Gasteiger partial charge in [0.05, 0.1) is 21.7 Å². The zero-order valence-corrected chi connectivity index (χ0v) is 17.7. The largest absolute Gasteiger partial charge is 0.326 e. The van der Waals surface area contributed by atoms with Crippen molar-refractivity contribution in [3.63, 3.8) is 0 Å². The number of rotatable bonds is 7. The molecule has 1 fully saturated rings. The summed E-state index contributed by atoms with van der Waals surface area (Å²) in [5.74, 6) is -0.855. The summed E-state index contributed by atoms with van der Waals surface area (Å²) in [6, 6.07) is 14.8. The van der Waals surface area contributed by atoms with Crippen molar-refractivity contribution in [3.05, 3.63) is 60.2 Å². The van der Waals surface area contributed by atoms with Crippen LogP contribution in [0.3, 0.4) is 0 Å². The van der Waals surface area contributed by atoms with Crippen LogP contribution in [-0.4, -0.2) is 52.1 Å². The molecule has 7 nitrogen and oxygen atoms in total. The van der Waals surface area contributed by atoms with Crippen molar-refractivity contribution < 1.29 is 21.6 Å². The minimum absolute atomic E-state index is 0.0450. The molecule has 156 valence electrons. The Balaban J connectivity index is 1.75.